The molecule has 0 heterocycles. The highest BCUT2D eigenvalue weighted by atomic mass is 16.6. The van der Waals surface area contributed by atoms with Crippen LogP contribution in [0.3, 0.4) is 0 Å². The van der Waals surface area contributed by atoms with Crippen molar-refractivity contribution in [3.05, 3.63) is 46.0 Å². The van der Waals surface area contributed by atoms with Crippen LogP contribution in [0.2, 0.25) is 0 Å². The summed E-state index contributed by atoms with van der Waals surface area (Å²) in [6, 6.07) is 10.2. The Labute approximate surface area is 184 Å². The van der Waals surface area contributed by atoms with E-state index in [1.54, 1.807) is 20.8 Å². The molecule has 0 fully saturated rings. The molecule has 0 aliphatic carbocycles. The molecule has 1 rings (SSSR count). The van der Waals surface area contributed by atoms with E-state index < -0.39 is 34.0 Å². The number of alkyl carbamates (subject to hydrolysis) is 1. The lowest BCUT2D eigenvalue weighted by Gasteiger charge is -2.21. The van der Waals surface area contributed by atoms with Crippen molar-refractivity contribution in [3.63, 3.8) is 0 Å². The van der Waals surface area contributed by atoms with Crippen LogP contribution in [-0.2, 0) is 9.53 Å². The average Bonchev–Trinajstić information content (AvgIpc) is 2.63. The van der Waals surface area contributed by atoms with E-state index in [0.717, 1.165) is 0 Å². The number of hydrogen-bond donors (Lipinski definition) is 3. The molecule has 1 amide bonds. The molecular formula is C22H37N3O6. The SMILES string of the molecule is CC(C)(C)OC(=O)NCCCC(CC(C)(C)[N+](=O)[O-])C(=O)O.CC(N)c1ccccc1. The number of nitrogens with zero attached hydrogens (tertiary/aromatic N) is 1. The number of aliphatic carboxylic acids is 1. The number of nitro groups is 1. The van der Waals surface area contributed by atoms with Gasteiger partial charge in [0.15, 0.2) is 0 Å². The van der Waals surface area contributed by atoms with Crippen molar-refractivity contribution in [1.29, 1.82) is 0 Å². The van der Waals surface area contributed by atoms with Crippen LogP contribution in [0.15, 0.2) is 30.3 Å². The lowest BCUT2D eigenvalue weighted by molar-refractivity contribution is -0.562. The summed E-state index contributed by atoms with van der Waals surface area (Å²) < 4.78 is 5.05. The molecule has 0 saturated heterocycles. The van der Waals surface area contributed by atoms with Crippen LogP contribution in [0.4, 0.5) is 4.79 Å². The summed E-state index contributed by atoms with van der Waals surface area (Å²) >= 11 is 0. The zero-order valence-corrected chi connectivity index (χ0v) is 19.4. The molecule has 2 unspecified atom stereocenters. The molecule has 0 saturated carbocycles. The number of amides is 1. The van der Waals surface area contributed by atoms with Gasteiger partial charge in [0.2, 0.25) is 5.54 Å². The fourth-order valence-electron chi connectivity index (χ4n) is 2.60. The molecule has 0 aliphatic rings. The summed E-state index contributed by atoms with van der Waals surface area (Å²) in [6.45, 7) is 10.3. The summed E-state index contributed by atoms with van der Waals surface area (Å²) in [5.74, 6) is -1.88. The van der Waals surface area contributed by atoms with E-state index in [-0.39, 0.29) is 25.4 Å². The Morgan fingerprint density at radius 3 is 2.13 bits per heavy atom. The molecule has 0 aromatic heterocycles. The number of rotatable bonds is 9. The Kier molecular flexibility index (Phi) is 11.8. The molecule has 0 spiro atoms. The number of benzene rings is 1. The van der Waals surface area contributed by atoms with Gasteiger partial charge in [-0.15, -0.1) is 0 Å². The van der Waals surface area contributed by atoms with Crippen LogP contribution in [-0.4, -0.2) is 39.8 Å². The van der Waals surface area contributed by atoms with Crippen LogP contribution >= 0.6 is 0 Å². The summed E-state index contributed by atoms with van der Waals surface area (Å²) in [6.07, 6.45) is 0.0405. The molecule has 0 radical (unpaired) electrons. The molecule has 0 bridgehead atoms. The highest BCUT2D eigenvalue weighted by molar-refractivity contribution is 5.70. The predicted molar refractivity (Wildman–Crippen MR) is 119 cm³/mol. The van der Waals surface area contributed by atoms with E-state index in [4.69, 9.17) is 15.6 Å². The zero-order chi connectivity index (χ0) is 24.2. The van der Waals surface area contributed by atoms with Crippen molar-refractivity contribution < 1.29 is 24.4 Å². The lowest BCUT2D eigenvalue weighted by Crippen LogP contribution is -2.36. The molecule has 31 heavy (non-hydrogen) atoms. The van der Waals surface area contributed by atoms with Crippen LogP contribution < -0.4 is 11.1 Å². The summed E-state index contributed by atoms with van der Waals surface area (Å²) in [5.41, 5.74) is 4.92. The van der Waals surface area contributed by atoms with Gasteiger partial charge < -0.3 is 20.9 Å². The van der Waals surface area contributed by atoms with Gasteiger partial charge in [0.25, 0.3) is 0 Å². The Morgan fingerprint density at radius 2 is 1.74 bits per heavy atom. The van der Waals surface area contributed by atoms with E-state index in [0.29, 0.717) is 6.42 Å². The second kappa shape index (κ2) is 12.9. The quantitative estimate of drug-likeness (QED) is 0.298. The fraction of sp³-hybridized carbons (Fsp3) is 0.636. The number of nitrogens with two attached hydrogens (primary N) is 1. The zero-order valence-electron chi connectivity index (χ0n) is 19.4. The Morgan fingerprint density at radius 1 is 1.19 bits per heavy atom. The van der Waals surface area contributed by atoms with Crippen molar-refractivity contribution in [2.75, 3.05) is 6.54 Å². The van der Waals surface area contributed by atoms with Gasteiger partial charge in [-0.3, -0.25) is 14.9 Å². The maximum absolute atomic E-state index is 11.4. The maximum atomic E-state index is 11.4. The lowest BCUT2D eigenvalue weighted by atomic mass is 9.88. The van der Waals surface area contributed by atoms with Crippen LogP contribution in [0.1, 0.15) is 72.4 Å². The minimum Gasteiger partial charge on any atom is -0.481 e. The van der Waals surface area contributed by atoms with Gasteiger partial charge in [-0.1, -0.05) is 30.3 Å². The highest BCUT2D eigenvalue weighted by Gasteiger charge is 2.36. The molecule has 176 valence electrons. The summed E-state index contributed by atoms with van der Waals surface area (Å²) in [7, 11) is 0. The molecule has 2 atom stereocenters. The van der Waals surface area contributed by atoms with Crippen molar-refractivity contribution in [2.24, 2.45) is 11.7 Å². The normalized spacial score (nSPS) is 13.3. The minimum absolute atomic E-state index is 0.0538. The predicted octanol–water partition coefficient (Wildman–Crippen LogP) is 4.14. The second-order valence-corrected chi connectivity index (χ2v) is 9.08. The van der Waals surface area contributed by atoms with E-state index in [9.17, 15) is 19.7 Å². The topological polar surface area (TPSA) is 145 Å². The van der Waals surface area contributed by atoms with Crippen molar-refractivity contribution in [2.45, 2.75) is 78.0 Å². The van der Waals surface area contributed by atoms with Crippen LogP contribution in [0, 0.1) is 16.0 Å². The Hall–Kier alpha value is -2.68. The maximum Gasteiger partial charge on any atom is 0.407 e. The van der Waals surface area contributed by atoms with E-state index in [2.05, 4.69) is 5.32 Å². The van der Waals surface area contributed by atoms with E-state index >= 15 is 0 Å². The first-order valence-electron chi connectivity index (χ1n) is 10.3. The van der Waals surface area contributed by atoms with Crippen molar-refractivity contribution >= 4 is 12.1 Å². The van der Waals surface area contributed by atoms with Gasteiger partial charge in [-0.2, -0.15) is 0 Å². The van der Waals surface area contributed by atoms with Crippen LogP contribution in [0.25, 0.3) is 0 Å². The average molecular weight is 440 g/mol. The van der Waals surface area contributed by atoms with E-state index in [1.807, 2.05) is 37.3 Å². The third-order valence-electron chi connectivity index (χ3n) is 4.31. The highest BCUT2D eigenvalue weighted by Crippen LogP contribution is 2.23. The number of carboxylic acids is 1. The first kappa shape index (κ1) is 28.3. The number of hydrogen-bond acceptors (Lipinski definition) is 6. The van der Waals surface area contributed by atoms with Gasteiger partial charge in [-0.25, -0.2) is 4.79 Å². The first-order valence-corrected chi connectivity index (χ1v) is 10.3. The van der Waals surface area contributed by atoms with Gasteiger partial charge in [-0.05, 0) is 46.1 Å². The smallest absolute Gasteiger partial charge is 0.407 e. The third kappa shape index (κ3) is 13.3. The second-order valence-electron chi connectivity index (χ2n) is 9.08. The molecule has 1 aromatic carbocycles. The fourth-order valence-corrected chi connectivity index (χ4v) is 2.60. The van der Waals surface area contributed by atoms with Crippen molar-refractivity contribution in [1.82, 2.24) is 5.32 Å². The standard InChI is InChI=1S/C14H26N2O6.C8H11N/c1-13(2,3)22-12(19)15-8-6-7-10(11(17)18)9-14(4,5)16(20)21;1-7(9)8-5-3-2-4-6-8/h10H,6-9H2,1-5H3,(H,15,19)(H,17,18);2-7H,9H2,1H3. The number of nitrogens with one attached hydrogen (secondary N) is 1. The van der Waals surface area contributed by atoms with E-state index in [1.165, 1.54) is 19.4 Å². The number of ether oxygens (including phenoxy) is 1. The van der Waals surface area contributed by atoms with Crippen LogP contribution in [0.5, 0.6) is 0 Å². The number of carbonyl (C=O) groups excluding carboxylic acids is 1. The molecule has 4 N–H and O–H groups in total. The van der Waals surface area contributed by atoms with Gasteiger partial charge in [0.1, 0.15) is 5.60 Å². The summed E-state index contributed by atoms with van der Waals surface area (Å²) in [5, 5.41) is 22.5. The first-order chi connectivity index (χ1) is 14.2. The largest absolute Gasteiger partial charge is 0.481 e. The molecular weight excluding hydrogens is 402 g/mol. The van der Waals surface area contributed by atoms with Gasteiger partial charge >= 0.3 is 12.1 Å². The molecule has 0 aliphatic heterocycles. The molecule has 1 aromatic rings. The van der Waals surface area contributed by atoms with Gasteiger partial charge in [0, 0.05) is 37.8 Å². The number of carbonyl (C=O) groups is 2. The number of carboxylic acid groups (broad SMARTS) is 1. The Balaban J connectivity index is 0.000000823. The Bertz CT molecular complexity index is 699. The molecule has 9 nitrogen and oxygen atoms in total. The minimum atomic E-state index is -1.29. The monoisotopic (exact) mass is 439 g/mol. The van der Waals surface area contributed by atoms with Gasteiger partial charge in [0.05, 0.1) is 5.92 Å². The molecule has 9 heteroatoms. The van der Waals surface area contributed by atoms with Crippen molar-refractivity contribution in [3.8, 4) is 0 Å². The third-order valence-corrected chi connectivity index (χ3v) is 4.31. The summed E-state index contributed by atoms with van der Waals surface area (Å²) in [4.78, 5) is 33.0.